The maximum absolute atomic E-state index is 5.51. The molecule has 0 N–H and O–H groups in total. The van der Waals surface area contributed by atoms with E-state index >= 15 is 0 Å². The van der Waals surface area contributed by atoms with Crippen LogP contribution in [-0.4, -0.2) is 10.2 Å². The average Bonchev–Trinajstić information content (AvgIpc) is 1.83. The fourth-order valence-corrected chi connectivity index (χ4v) is 0.528. The summed E-state index contributed by atoms with van der Waals surface area (Å²) in [5, 5.41) is 7.25. The Bertz CT molecular complexity index is 202. The molecule has 44 valence electrons. The van der Waals surface area contributed by atoms with Gasteiger partial charge in [0, 0.05) is 19.4 Å². The van der Waals surface area contributed by atoms with Crippen molar-refractivity contribution in [3.63, 3.8) is 0 Å². The van der Waals surface area contributed by atoms with E-state index in [9.17, 15) is 0 Å². The third kappa shape index (κ3) is 1.19. The van der Waals surface area contributed by atoms with Crippen LogP contribution >= 0.6 is 11.6 Å². The number of hydrogen-bond donors (Lipinski definition) is 0. The Morgan fingerprint density at radius 1 is 1.44 bits per heavy atom. The van der Waals surface area contributed by atoms with E-state index in [1.165, 1.54) is 6.20 Å². The molecule has 1 aromatic rings. The van der Waals surface area contributed by atoms with Gasteiger partial charge >= 0.3 is 0 Å². The zero-order chi connectivity index (χ0) is 6.85. The second-order valence-corrected chi connectivity index (χ2v) is 1.90. The lowest BCUT2D eigenvalue weighted by atomic mass is 10.2. The summed E-state index contributed by atoms with van der Waals surface area (Å²) in [7, 11) is 0. The van der Waals surface area contributed by atoms with E-state index < -0.39 is 0 Å². The molecule has 3 heteroatoms. The summed E-state index contributed by atoms with van der Waals surface area (Å²) >= 11 is 5.51. The predicted molar refractivity (Wildman–Crippen MR) is 33.8 cm³/mol. The van der Waals surface area contributed by atoms with Gasteiger partial charge in [0.2, 0.25) is 0 Å². The van der Waals surface area contributed by atoms with E-state index in [1.54, 1.807) is 0 Å². The molecule has 1 rings (SSSR count). The molecule has 0 aliphatic heterocycles. The molecule has 0 fully saturated rings. The van der Waals surface area contributed by atoms with Gasteiger partial charge in [0.15, 0.2) is 0 Å². The first-order valence-electron chi connectivity index (χ1n) is 2.24. The van der Waals surface area contributed by atoms with Crippen LogP contribution in [0.4, 0.5) is 0 Å². The topological polar surface area (TPSA) is 25.8 Å². The maximum Gasteiger partial charge on any atom is 0.0725 e. The molecule has 0 aromatic carbocycles. The molecule has 2 nitrogen and oxygen atoms in total. The highest BCUT2D eigenvalue weighted by atomic mass is 35.5. The van der Waals surface area contributed by atoms with Crippen molar-refractivity contribution in [1.29, 1.82) is 0 Å². The quantitative estimate of drug-likeness (QED) is 0.539. The molecule has 0 amide bonds. The normalized spacial score (nSPS) is 9.67. The molecule has 0 unspecified atom stereocenters. The summed E-state index contributed by atoms with van der Waals surface area (Å²) in [4.78, 5) is 0. The molecule has 9 heavy (non-hydrogen) atoms. The van der Waals surface area contributed by atoms with Gasteiger partial charge in [0.25, 0.3) is 0 Å². The van der Waals surface area contributed by atoms with E-state index in [0.717, 1.165) is 0 Å². The average molecular weight is 139 g/mol. The van der Waals surface area contributed by atoms with Crippen molar-refractivity contribution in [2.75, 3.05) is 0 Å². The number of nitrogens with zero attached hydrogens (tertiary/aromatic N) is 2. The van der Waals surface area contributed by atoms with E-state index in [0.29, 0.717) is 5.02 Å². The lowest BCUT2D eigenvalue weighted by molar-refractivity contribution is 0.997. The van der Waals surface area contributed by atoms with Gasteiger partial charge in [-0.25, -0.2) is 0 Å². The van der Waals surface area contributed by atoms with Gasteiger partial charge in [-0.1, -0.05) is 11.6 Å². The highest BCUT2D eigenvalue weighted by Crippen LogP contribution is 2.13. The first kappa shape index (κ1) is 6.49. The lowest BCUT2D eigenvalue weighted by Gasteiger charge is -1.95. The third-order valence-corrected chi connectivity index (χ3v) is 1.17. The van der Waals surface area contributed by atoms with E-state index in [-0.39, 0.29) is 11.3 Å². The van der Waals surface area contributed by atoms with Crippen LogP contribution in [-0.2, 0) is 0 Å². The zero-order valence-electron chi connectivity index (χ0n) is 4.50. The van der Waals surface area contributed by atoms with Crippen LogP contribution < -0.4 is 0 Å². The molecule has 0 aliphatic rings. The Kier molecular flexibility index (Phi) is 1.67. The molecule has 0 spiro atoms. The number of halogens is 1. The molecule has 4 radical (unpaired) electrons. The van der Waals surface area contributed by atoms with Gasteiger partial charge in [-0.3, -0.25) is 0 Å². The summed E-state index contributed by atoms with van der Waals surface area (Å²) in [6, 6.07) is 0. The molecule has 1 aromatic heterocycles. The molecule has 0 atom stereocenters. The van der Waals surface area contributed by atoms with Crippen molar-refractivity contribution in [2.24, 2.45) is 0 Å². The number of rotatable bonds is 0. The number of hydrogen-bond acceptors (Lipinski definition) is 2. The van der Waals surface area contributed by atoms with E-state index in [1.807, 2.05) is 0 Å². The van der Waals surface area contributed by atoms with Crippen LogP contribution in [0.5, 0.6) is 0 Å². The summed E-state index contributed by atoms with van der Waals surface area (Å²) in [6.45, 7) is 10.6. The lowest BCUT2D eigenvalue weighted by Crippen LogP contribution is -1.89. The molecule has 0 aliphatic carbocycles. The van der Waals surface area contributed by atoms with Gasteiger partial charge in [-0.05, 0) is 0 Å². The van der Waals surface area contributed by atoms with Crippen molar-refractivity contribution in [3.05, 3.63) is 36.3 Å². The predicted octanol–water partition coefficient (Wildman–Crippen LogP) is 1.25. The second-order valence-electron chi connectivity index (χ2n) is 1.49. The SMILES string of the molecule is [CH]c1nncc(Cl)c1[CH]. The monoisotopic (exact) mass is 138 g/mol. The van der Waals surface area contributed by atoms with Crippen LogP contribution in [0.2, 0.25) is 5.02 Å². The van der Waals surface area contributed by atoms with Gasteiger partial charge < -0.3 is 0 Å². The highest BCUT2D eigenvalue weighted by molar-refractivity contribution is 6.31. The molecule has 0 bridgehead atoms. The molecule has 1 heterocycles. The van der Waals surface area contributed by atoms with Gasteiger partial charge in [0.1, 0.15) is 0 Å². The van der Waals surface area contributed by atoms with Gasteiger partial charge in [-0.2, -0.15) is 10.2 Å². The summed E-state index contributed by atoms with van der Waals surface area (Å²) in [5.41, 5.74) is 0.453. The minimum absolute atomic E-state index is 0.169. The fourth-order valence-electron chi connectivity index (χ4n) is 0.388. The van der Waals surface area contributed by atoms with Crippen molar-refractivity contribution in [2.45, 2.75) is 0 Å². The zero-order valence-corrected chi connectivity index (χ0v) is 5.26. The first-order valence-corrected chi connectivity index (χ1v) is 2.61. The first-order chi connectivity index (χ1) is 4.22. The van der Waals surface area contributed by atoms with Crippen molar-refractivity contribution in [1.82, 2.24) is 10.2 Å². The Morgan fingerprint density at radius 2 is 2.11 bits per heavy atom. The molecular weight excluding hydrogens is 136 g/mol. The van der Waals surface area contributed by atoms with Gasteiger partial charge in [0.05, 0.1) is 16.9 Å². The second kappa shape index (κ2) is 2.31. The van der Waals surface area contributed by atoms with Crippen molar-refractivity contribution >= 4 is 11.6 Å². The maximum atomic E-state index is 5.51. The number of aromatic nitrogens is 2. The van der Waals surface area contributed by atoms with E-state index in [2.05, 4.69) is 10.2 Å². The molecule has 0 saturated heterocycles. The largest absolute Gasteiger partial charge is 0.157 e. The minimum atomic E-state index is 0.169. The Morgan fingerprint density at radius 3 is 2.56 bits per heavy atom. The standard InChI is InChI=1S/C6H3ClN2/c1-4-5(2)9-8-3-6(4)7/h1-3H. The van der Waals surface area contributed by atoms with Crippen LogP contribution in [0.3, 0.4) is 0 Å². The Labute approximate surface area is 58.9 Å². The molecule has 0 saturated carbocycles. The van der Waals surface area contributed by atoms with Gasteiger partial charge in [-0.15, -0.1) is 0 Å². The highest BCUT2D eigenvalue weighted by Gasteiger charge is 1.97. The van der Waals surface area contributed by atoms with Crippen LogP contribution in [0.25, 0.3) is 0 Å². The third-order valence-electron chi connectivity index (χ3n) is 0.870. The van der Waals surface area contributed by atoms with Crippen LogP contribution in [0.15, 0.2) is 6.20 Å². The van der Waals surface area contributed by atoms with Crippen LogP contribution in [0, 0.1) is 13.8 Å². The smallest absolute Gasteiger partial charge is 0.0725 e. The van der Waals surface area contributed by atoms with E-state index in [4.69, 9.17) is 25.4 Å². The summed E-state index contributed by atoms with van der Waals surface area (Å²) in [5.74, 6) is 0. The Hall–Kier alpha value is -0.630. The summed E-state index contributed by atoms with van der Waals surface area (Å²) < 4.78 is 0. The van der Waals surface area contributed by atoms with Crippen molar-refractivity contribution < 1.29 is 0 Å². The molecular formula is C6H3ClN2. The Balaban J connectivity index is 3.25. The fraction of sp³-hybridized carbons (Fsp3) is 0. The van der Waals surface area contributed by atoms with Crippen LogP contribution in [0.1, 0.15) is 11.3 Å². The minimum Gasteiger partial charge on any atom is -0.157 e. The van der Waals surface area contributed by atoms with Crippen molar-refractivity contribution in [3.8, 4) is 0 Å². The summed E-state index contributed by atoms with van der Waals surface area (Å²) in [6.07, 6.45) is 1.34.